The number of nitrogens with zero attached hydrogens (tertiary/aromatic N) is 1. The molecule has 1 heterocycles. The minimum absolute atomic E-state index is 0.476. The Morgan fingerprint density at radius 3 is 3.25 bits per heavy atom. The standard InChI is InChI=1S/C8H8N2OS/c1-9-4-2-3-7-6-12-8(5-11)10-7/h5-6,9H,4H2,1H3. The second-order valence-electron chi connectivity index (χ2n) is 2.02. The molecule has 0 fully saturated rings. The third kappa shape index (κ3) is 2.46. The molecule has 0 radical (unpaired) electrons. The van der Waals surface area contributed by atoms with Crippen molar-refractivity contribution in [3.05, 3.63) is 16.1 Å². The average molecular weight is 180 g/mol. The van der Waals surface area contributed by atoms with Crippen LogP contribution in [0.25, 0.3) is 0 Å². The highest BCUT2D eigenvalue weighted by Gasteiger charge is 1.95. The first-order chi connectivity index (χ1) is 5.86. The topological polar surface area (TPSA) is 42.0 Å². The minimum Gasteiger partial charge on any atom is -0.309 e. The summed E-state index contributed by atoms with van der Waals surface area (Å²) in [5, 5.41) is 5.14. The number of hydrogen-bond donors (Lipinski definition) is 1. The molecule has 12 heavy (non-hydrogen) atoms. The van der Waals surface area contributed by atoms with E-state index in [1.54, 1.807) is 5.38 Å². The fourth-order valence-corrected chi connectivity index (χ4v) is 1.17. The molecule has 0 unspecified atom stereocenters. The van der Waals surface area contributed by atoms with Gasteiger partial charge in [-0.15, -0.1) is 11.3 Å². The molecule has 0 saturated heterocycles. The SMILES string of the molecule is CNCC#Cc1csc(C=O)n1. The molecule has 0 bridgehead atoms. The van der Waals surface area contributed by atoms with E-state index in [1.807, 2.05) is 7.05 Å². The van der Waals surface area contributed by atoms with Crippen molar-refractivity contribution in [1.29, 1.82) is 0 Å². The Balaban J connectivity index is 2.65. The van der Waals surface area contributed by atoms with Crippen LogP contribution in [-0.2, 0) is 0 Å². The summed E-state index contributed by atoms with van der Waals surface area (Å²) in [5.41, 5.74) is 0.664. The number of rotatable bonds is 2. The number of thiazole rings is 1. The Kier molecular flexibility index (Phi) is 3.45. The Morgan fingerprint density at radius 2 is 2.67 bits per heavy atom. The van der Waals surface area contributed by atoms with Crippen LogP contribution in [-0.4, -0.2) is 24.9 Å². The zero-order chi connectivity index (χ0) is 8.81. The Bertz CT molecular complexity index is 321. The summed E-state index contributed by atoms with van der Waals surface area (Å²) in [6.45, 7) is 0.633. The van der Waals surface area contributed by atoms with Gasteiger partial charge in [-0.2, -0.15) is 0 Å². The molecule has 4 heteroatoms. The van der Waals surface area contributed by atoms with Gasteiger partial charge >= 0.3 is 0 Å². The predicted octanol–water partition coefficient (Wildman–Crippen LogP) is 0.526. The lowest BCUT2D eigenvalue weighted by Crippen LogP contribution is -2.04. The van der Waals surface area contributed by atoms with Crippen LogP contribution in [0.4, 0.5) is 0 Å². The normalized spacial score (nSPS) is 8.75. The molecule has 1 rings (SSSR count). The van der Waals surface area contributed by atoms with Crippen molar-refractivity contribution in [2.75, 3.05) is 13.6 Å². The van der Waals surface area contributed by atoms with Gasteiger partial charge in [0.25, 0.3) is 0 Å². The van der Waals surface area contributed by atoms with Gasteiger partial charge in [-0.1, -0.05) is 5.92 Å². The number of aromatic nitrogens is 1. The Morgan fingerprint density at radius 1 is 1.83 bits per heavy atom. The van der Waals surface area contributed by atoms with Crippen molar-refractivity contribution in [3.63, 3.8) is 0 Å². The molecular weight excluding hydrogens is 172 g/mol. The van der Waals surface area contributed by atoms with Crippen LogP contribution in [0, 0.1) is 11.8 Å². The lowest BCUT2D eigenvalue weighted by molar-refractivity contribution is 0.112. The van der Waals surface area contributed by atoms with Gasteiger partial charge in [0.15, 0.2) is 11.3 Å². The van der Waals surface area contributed by atoms with Crippen molar-refractivity contribution in [1.82, 2.24) is 10.3 Å². The Hall–Kier alpha value is -1.18. The van der Waals surface area contributed by atoms with E-state index in [4.69, 9.17) is 0 Å². The van der Waals surface area contributed by atoms with E-state index in [2.05, 4.69) is 22.1 Å². The van der Waals surface area contributed by atoms with E-state index in [9.17, 15) is 4.79 Å². The van der Waals surface area contributed by atoms with Gasteiger partial charge in [-0.25, -0.2) is 4.98 Å². The number of nitrogens with one attached hydrogen (secondary N) is 1. The molecule has 0 saturated carbocycles. The third-order valence-corrected chi connectivity index (χ3v) is 1.87. The molecule has 0 spiro atoms. The molecule has 0 amide bonds. The van der Waals surface area contributed by atoms with Crippen LogP contribution in [0.1, 0.15) is 15.5 Å². The van der Waals surface area contributed by atoms with Crippen LogP contribution in [0.3, 0.4) is 0 Å². The maximum Gasteiger partial charge on any atom is 0.178 e. The third-order valence-electron chi connectivity index (χ3n) is 1.10. The van der Waals surface area contributed by atoms with Gasteiger partial charge in [0.1, 0.15) is 5.69 Å². The van der Waals surface area contributed by atoms with E-state index in [1.165, 1.54) is 11.3 Å². The zero-order valence-electron chi connectivity index (χ0n) is 6.63. The average Bonchev–Trinajstić information content (AvgIpc) is 2.53. The van der Waals surface area contributed by atoms with Crippen LogP contribution in [0.2, 0.25) is 0 Å². The molecule has 0 aliphatic heterocycles. The summed E-state index contributed by atoms with van der Waals surface area (Å²) in [7, 11) is 1.83. The van der Waals surface area contributed by atoms with Gasteiger partial charge in [-0.3, -0.25) is 4.79 Å². The maximum absolute atomic E-state index is 10.2. The zero-order valence-corrected chi connectivity index (χ0v) is 7.44. The summed E-state index contributed by atoms with van der Waals surface area (Å²) in [6, 6.07) is 0. The molecule has 0 atom stereocenters. The van der Waals surface area contributed by atoms with Gasteiger partial charge in [-0.05, 0) is 13.0 Å². The van der Waals surface area contributed by atoms with Gasteiger partial charge in [0.2, 0.25) is 0 Å². The van der Waals surface area contributed by atoms with Crippen LogP contribution in [0.15, 0.2) is 5.38 Å². The lowest BCUT2D eigenvalue weighted by Gasteiger charge is -1.80. The van der Waals surface area contributed by atoms with Gasteiger partial charge in [0.05, 0.1) is 6.54 Å². The second-order valence-corrected chi connectivity index (χ2v) is 2.91. The van der Waals surface area contributed by atoms with Crippen molar-refractivity contribution < 1.29 is 4.79 Å². The molecule has 3 nitrogen and oxygen atoms in total. The summed E-state index contributed by atoms with van der Waals surface area (Å²) >= 11 is 1.31. The molecule has 1 aromatic rings. The van der Waals surface area contributed by atoms with E-state index in [0.29, 0.717) is 17.2 Å². The summed E-state index contributed by atoms with van der Waals surface area (Å²) in [6.07, 6.45) is 0.730. The molecular formula is C8H8N2OS. The summed E-state index contributed by atoms with van der Waals surface area (Å²) < 4.78 is 0. The smallest absolute Gasteiger partial charge is 0.178 e. The van der Waals surface area contributed by atoms with Gasteiger partial charge in [0, 0.05) is 5.38 Å². The number of hydrogen-bond acceptors (Lipinski definition) is 4. The van der Waals surface area contributed by atoms with Crippen LogP contribution >= 0.6 is 11.3 Å². The summed E-state index contributed by atoms with van der Waals surface area (Å²) in [4.78, 5) is 14.2. The van der Waals surface area contributed by atoms with E-state index in [0.717, 1.165) is 6.29 Å². The monoisotopic (exact) mass is 180 g/mol. The van der Waals surface area contributed by atoms with Crippen molar-refractivity contribution in [3.8, 4) is 11.8 Å². The maximum atomic E-state index is 10.2. The number of aldehydes is 1. The van der Waals surface area contributed by atoms with Gasteiger partial charge < -0.3 is 5.32 Å². The molecule has 1 N–H and O–H groups in total. The molecule has 0 aliphatic rings. The fraction of sp³-hybridized carbons (Fsp3) is 0.250. The van der Waals surface area contributed by atoms with E-state index >= 15 is 0 Å². The molecule has 0 aliphatic carbocycles. The largest absolute Gasteiger partial charge is 0.309 e. The highest BCUT2D eigenvalue weighted by atomic mass is 32.1. The van der Waals surface area contributed by atoms with Crippen molar-refractivity contribution in [2.24, 2.45) is 0 Å². The summed E-state index contributed by atoms with van der Waals surface area (Å²) in [5.74, 6) is 5.68. The predicted molar refractivity (Wildman–Crippen MR) is 48.3 cm³/mol. The lowest BCUT2D eigenvalue weighted by atomic mass is 10.4. The first-order valence-electron chi connectivity index (χ1n) is 3.41. The highest BCUT2D eigenvalue weighted by Crippen LogP contribution is 2.05. The fourth-order valence-electron chi connectivity index (χ4n) is 0.622. The van der Waals surface area contributed by atoms with Crippen molar-refractivity contribution >= 4 is 17.6 Å². The van der Waals surface area contributed by atoms with E-state index in [-0.39, 0.29) is 0 Å². The quantitative estimate of drug-likeness (QED) is 0.533. The number of carbonyl (C=O) groups is 1. The van der Waals surface area contributed by atoms with E-state index < -0.39 is 0 Å². The first kappa shape index (κ1) is 8.91. The van der Waals surface area contributed by atoms with Crippen LogP contribution in [0.5, 0.6) is 0 Å². The minimum atomic E-state index is 0.476. The first-order valence-corrected chi connectivity index (χ1v) is 4.29. The highest BCUT2D eigenvalue weighted by molar-refractivity contribution is 7.11. The number of carbonyl (C=O) groups excluding carboxylic acids is 1. The molecule has 62 valence electrons. The van der Waals surface area contributed by atoms with Crippen molar-refractivity contribution in [2.45, 2.75) is 0 Å². The van der Waals surface area contributed by atoms with Crippen LogP contribution < -0.4 is 5.32 Å². The second kappa shape index (κ2) is 4.65. The molecule has 0 aromatic carbocycles. The Labute approximate surface area is 74.8 Å². The molecule has 1 aromatic heterocycles.